The van der Waals surface area contributed by atoms with E-state index in [4.69, 9.17) is 23.2 Å². The Bertz CT molecular complexity index is 849. The molecule has 1 unspecified atom stereocenters. The van der Waals surface area contributed by atoms with Gasteiger partial charge in [0.05, 0.1) is 10.0 Å². The van der Waals surface area contributed by atoms with Crippen LogP contribution in [0.5, 0.6) is 0 Å². The standard InChI is InChI=1S/C16H16Cl2N2O3S/c1-10(12-5-3-6-13(9-12)19-11(2)21)20-24(22,23)16-14(17)7-4-8-15(16)18/h3-10,20H,1-2H3,(H,19,21). The first-order chi connectivity index (χ1) is 11.2. The lowest BCUT2D eigenvalue weighted by Gasteiger charge is -2.17. The van der Waals surface area contributed by atoms with Crippen LogP contribution in [0, 0.1) is 0 Å². The van der Waals surface area contributed by atoms with Crippen molar-refractivity contribution >= 4 is 44.8 Å². The van der Waals surface area contributed by atoms with Gasteiger partial charge in [-0.15, -0.1) is 0 Å². The molecule has 0 aliphatic carbocycles. The maximum Gasteiger partial charge on any atom is 0.244 e. The molecule has 0 fully saturated rings. The van der Waals surface area contributed by atoms with E-state index in [0.717, 1.165) is 0 Å². The van der Waals surface area contributed by atoms with Gasteiger partial charge in [-0.1, -0.05) is 41.4 Å². The fourth-order valence-corrected chi connectivity index (χ4v) is 4.56. The molecule has 0 aliphatic rings. The summed E-state index contributed by atoms with van der Waals surface area (Å²) in [5.41, 5.74) is 1.27. The van der Waals surface area contributed by atoms with Gasteiger partial charge in [0.25, 0.3) is 0 Å². The monoisotopic (exact) mass is 386 g/mol. The van der Waals surface area contributed by atoms with Crippen molar-refractivity contribution in [2.45, 2.75) is 24.8 Å². The average Bonchev–Trinajstić information content (AvgIpc) is 2.45. The normalized spacial score (nSPS) is 12.7. The number of carbonyl (C=O) groups is 1. The summed E-state index contributed by atoms with van der Waals surface area (Å²) in [7, 11) is -3.91. The first-order valence-electron chi connectivity index (χ1n) is 7.04. The van der Waals surface area contributed by atoms with E-state index in [2.05, 4.69) is 10.0 Å². The molecule has 0 aromatic heterocycles. The Morgan fingerprint density at radius 1 is 1.08 bits per heavy atom. The van der Waals surface area contributed by atoms with Crippen LogP contribution in [0.2, 0.25) is 10.0 Å². The lowest BCUT2D eigenvalue weighted by Crippen LogP contribution is -2.27. The Kier molecular flexibility index (Phi) is 5.87. The summed E-state index contributed by atoms with van der Waals surface area (Å²) in [4.78, 5) is 11.0. The lowest BCUT2D eigenvalue weighted by molar-refractivity contribution is -0.114. The van der Waals surface area contributed by atoms with Crippen molar-refractivity contribution in [1.29, 1.82) is 0 Å². The summed E-state index contributed by atoms with van der Waals surface area (Å²) in [6.45, 7) is 3.09. The van der Waals surface area contributed by atoms with Crippen LogP contribution < -0.4 is 10.0 Å². The number of hydrogen-bond acceptors (Lipinski definition) is 3. The van der Waals surface area contributed by atoms with Gasteiger partial charge >= 0.3 is 0 Å². The molecule has 2 N–H and O–H groups in total. The molecule has 2 rings (SSSR count). The van der Waals surface area contributed by atoms with Gasteiger partial charge in [-0.3, -0.25) is 4.79 Å². The fraction of sp³-hybridized carbons (Fsp3) is 0.188. The van der Waals surface area contributed by atoms with Crippen molar-refractivity contribution < 1.29 is 13.2 Å². The summed E-state index contributed by atoms with van der Waals surface area (Å²) in [5.74, 6) is -0.205. The van der Waals surface area contributed by atoms with Crippen molar-refractivity contribution in [2.24, 2.45) is 0 Å². The Balaban J connectivity index is 2.28. The molecule has 0 saturated carbocycles. The number of benzene rings is 2. The molecule has 1 amide bonds. The number of nitrogens with one attached hydrogen (secondary N) is 2. The van der Waals surface area contributed by atoms with Crippen molar-refractivity contribution in [2.75, 3.05) is 5.32 Å². The molecule has 0 saturated heterocycles. The van der Waals surface area contributed by atoms with Crippen molar-refractivity contribution in [1.82, 2.24) is 4.72 Å². The van der Waals surface area contributed by atoms with Crippen LogP contribution in [-0.2, 0) is 14.8 Å². The number of halogens is 2. The first-order valence-corrected chi connectivity index (χ1v) is 9.28. The van der Waals surface area contributed by atoms with Crippen LogP contribution in [0.15, 0.2) is 47.4 Å². The molecule has 0 radical (unpaired) electrons. The summed E-state index contributed by atoms with van der Waals surface area (Å²) in [6.07, 6.45) is 0. The highest BCUT2D eigenvalue weighted by Gasteiger charge is 2.24. The number of hydrogen-bond donors (Lipinski definition) is 2. The third kappa shape index (κ3) is 4.48. The zero-order chi connectivity index (χ0) is 17.9. The Hall–Kier alpha value is -1.60. The lowest BCUT2D eigenvalue weighted by atomic mass is 10.1. The first kappa shape index (κ1) is 18.7. The molecule has 128 valence electrons. The third-order valence-corrected chi connectivity index (χ3v) is 5.72. The second-order valence-electron chi connectivity index (χ2n) is 5.20. The van der Waals surface area contributed by atoms with Gasteiger partial charge in [0, 0.05) is 18.7 Å². The number of rotatable bonds is 5. The molecule has 0 aliphatic heterocycles. The predicted octanol–water partition coefficient (Wildman–Crippen LogP) is 3.99. The quantitative estimate of drug-likeness (QED) is 0.815. The minimum absolute atomic E-state index is 0.0502. The Labute approximate surface area is 151 Å². The van der Waals surface area contributed by atoms with E-state index < -0.39 is 16.1 Å². The molecule has 5 nitrogen and oxygen atoms in total. The largest absolute Gasteiger partial charge is 0.326 e. The zero-order valence-corrected chi connectivity index (χ0v) is 15.3. The number of anilines is 1. The Morgan fingerprint density at radius 2 is 1.67 bits per heavy atom. The summed E-state index contributed by atoms with van der Waals surface area (Å²) >= 11 is 11.9. The molecule has 24 heavy (non-hydrogen) atoms. The number of amides is 1. The smallest absolute Gasteiger partial charge is 0.244 e. The fourth-order valence-electron chi connectivity index (χ4n) is 2.19. The van der Waals surface area contributed by atoms with Gasteiger partial charge < -0.3 is 5.32 Å². The molecule has 8 heteroatoms. The molecule has 2 aromatic rings. The second-order valence-corrected chi connectivity index (χ2v) is 7.67. The van der Waals surface area contributed by atoms with Gasteiger partial charge in [-0.05, 0) is 36.8 Å². The second kappa shape index (κ2) is 7.53. The van der Waals surface area contributed by atoms with Gasteiger partial charge in [0.1, 0.15) is 4.90 Å². The van der Waals surface area contributed by atoms with Gasteiger partial charge in [0.2, 0.25) is 15.9 Å². The number of carbonyl (C=O) groups excluding carboxylic acids is 1. The van der Waals surface area contributed by atoms with Gasteiger partial charge in [-0.25, -0.2) is 13.1 Å². The van der Waals surface area contributed by atoms with E-state index in [0.29, 0.717) is 11.3 Å². The minimum Gasteiger partial charge on any atom is -0.326 e. The highest BCUT2D eigenvalue weighted by Crippen LogP contribution is 2.30. The maximum atomic E-state index is 12.6. The van der Waals surface area contributed by atoms with Gasteiger partial charge in [-0.2, -0.15) is 0 Å². The van der Waals surface area contributed by atoms with Crippen LogP contribution in [0.3, 0.4) is 0 Å². The third-order valence-electron chi connectivity index (χ3n) is 3.23. The molecule has 0 heterocycles. The van der Waals surface area contributed by atoms with E-state index in [1.165, 1.54) is 19.1 Å². The summed E-state index contributed by atoms with van der Waals surface area (Å²) in [5, 5.41) is 2.75. The zero-order valence-electron chi connectivity index (χ0n) is 13.0. The van der Waals surface area contributed by atoms with Crippen molar-refractivity contribution in [3.63, 3.8) is 0 Å². The maximum absolute atomic E-state index is 12.6. The van der Waals surface area contributed by atoms with Crippen LogP contribution >= 0.6 is 23.2 Å². The highest BCUT2D eigenvalue weighted by molar-refractivity contribution is 7.89. The van der Waals surface area contributed by atoms with E-state index >= 15 is 0 Å². The van der Waals surface area contributed by atoms with Crippen LogP contribution in [0.25, 0.3) is 0 Å². The van der Waals surface area contributed by atoms with Crippen molar-refractivity contribution in [3.05, 3.63) is 58.1 Å². The van der Waals surface area contributed by atoms with E-state index in [-0.39, 0.29) is 20.8 Å². The van der Waals surface area contributed by atoms with Gasteiger partial charge in [0.15, 0.2) is 0 Å². The predicted molar refractivity (Wildman–Crippen MR) is 95.9 cm³/mol. The summed E-state index contributed by atoms with van der Waals surface area (Å²) in [6, 6.07) is 10.9. The molecule has 0 spiro atoms. The van der Waals surface area contributed by atoms with Crippen LogP contribution in [-0.4, -0.2) is 14.3 Å². The van der Waals surface area contributed by atoms with E-state index in [1.54, 1.807) is 37.3 Å². The Morgan fingerprint density at radius 3 is 2.25 bits per heavy atom. The SMILES string of the molecule is CC(=O)Nc1cccc(C(C)NS(=O)(=O)c2c(Cl)cccc2Cl)c1. The topological polar surface area (TPSA) is 75.3 Å². The van der Waals surface area contributed by atoms with Crippen molar-refractivity contribution in [3.8, 4) is 0 Å². The van der Waals surface area contributed by atoms with Crippen LogP contribution in [0.1, 0.15) is 25.5 Å². The molecular formula is C16H16Cl2N2O3S. The number of sulfonamides is 1. The highest BCUT2D eigenvalue weighted by atomic mass is 35.5. The molecule has 1 atom stereocenters. The van der Waals surface area contributed by atoms with Crippen LogP contribution in [0.4, 0.5) is 5.69 Å². The minimum atomic E-state index is -3.91. The average molecular weight is 387 g/mol. The van der Waals surface area contributed by atoms with E-state index in [9.17, 15) is 13.2 Å². The molecule has 2 aromatic carbocycles. The molecule has 0 bridgehead atoms. The summed E-state index contributed by atoms with van der Waals surface area (Å²) < 4.78 is 27.7. The van der Waals surface area contributed by atoms with E-state index in [1.807, 2.05) is 0 Å². The molecular weight excluding hydrogens is 371 g/mol.